The van der Waals surface area contributed by atoms with E-state index in [0.29, 0.717) is 31.1 Å². The average Bonchev–Trinajstić information content (AvgIpc) is 3.29. The highest BCUT2D eigenvalue weighted by molar-refractivity contribution is 7.99. The van der Waals surface area contributed by atoms with Gasteiger partial charge in [-0.25, -0.2) is 0 Å². The molecule has 4 aromatic rings. The molecule has 0 radical (unpaired) electrons. The molecule has 3 aromatic carbocycles. The van der Waals surface area contributed by atoms with Crippen molar-refractivity contribution in [2.24, 2.45) is 0 Å². The SMILES string of the molecule is C=CCn1c(CSc2ccc(C)cc2)nnc1SCC(=O)N(Cc1ccccc1)Cc1ccccc1. The van der Waals surface area contributed by atoms with Crippen LogP contribution in [0.3, 0.4) is 0 Å². The largest absolute Gasteiger partial charge is 0.333 e. The predicted molar refractivity (Wildman–Crippen MR) is 149 cm³/mol. The first-order valence-electron chi connectivity index (χ1n) is 11.8. The topological polar surface area (TPSA) is 51.0 Å². The van der Waals surface area contributed by atoms with Gasteiger partial charge < -0.3 is 9.47 Å². The summed E-state index contributed by atoms with van der Waals surface area (Å²) in [6, 6.07) is 28.7. The Bertz CT molecular complexity index is 1220. The van der Waals surface area contributed by atoms with Gasteiger partial charge in [-0.2, -0.15) is 0 Å². The van der Waals surface area contributed by atoms with Crippen molar-refractivity contribution in [1.82, 2.24) is 19.7 Å². The Balaban J connectivity index is 1.43. The minimum atomic E-state index is 0.0661. The van der Waals surface area contributed by atoms with Gasteiger partial charge in [-0.3, -0.25) is 4.79 Å². The molecule has 5 nitrogen and oxygen atoms in total. The van der Waals surface area contributed by atoms with Crippen LogP contribution in [0.5, 0.6) is 0 Å². The number of carbonyl (C=O) groups is 1. The van der Waals surface area contributed by atoms with E-state index in [0.717, 1.165) is 22.1 Å². The number of thioether (sulfide) groups is 2. The summed E-state index contributed by atoms with van der Waals surface area (Å²) in [6.45, 7) is 7.71. The van der Waals surface area contributed by atoms with Crippen LogP contribution in [0.2, 0.25) is 0 Å². The molecule has 184 valence electrons. The van der Waals surface area contributed by atoms with E-state index >= 15 is 0 Å². The van der Waals surface area contributed by atoms with Crippen LogP contribution in [0.15, 0.2) is 108 Å². The Morgan fingerprint density at radius 3 is 2.08 bits per heavy atom. The number of aromatic nitrogens is 3. The standard InChI is InChI=1S/C29H30N4OS2/c1-3-18-33-27(21-35-26-16-14-23(2)15-17-26)30-31-29(33)36-22-28(34)32(19-24-10-6-4-7-11-24)20-25-12-8-5-9-13-25/h3-17H,1,18-22H2,2H3. The van der Waals surface area contributed by atoms with E-state index in [2.05, 4.69) is 72.2 Å². The number of benzene rings is 3. The smallest absolute Gasteiger partial charge is 0.233 e. The second-order valence-electron chi connectivity index (χ2n) is 8.41. The van der Waals surface area contributed by atoms with E-state index in [1.54, 1.807) is 11.8 Å². The van der Waals surface area contributed by atoms with Gasteiger partial charge in [0.25, 0.3) is 0 Å². The Kier molecular flexibility index (Phi) is 9.41. The van der Waals surface area contributed by atoms with E-state index in [1.807, 2.05) is 51.9 Å². The second kappa shape index (κ2) is 13.1. The first kappa shape index (κ1) is 25.8. The Morgan fingerprint density at radius 2 is 1.50 bits per heavy atom. The fraction of sp³-hybridized carbons (Fsp3) is 0.207. The maximum atomic E-state index is 13.4. The molecule has 7 heteroatoms. The molecule has 0 fully saturated rings. The van der Waals surface area contributed by atoms with Crippen molar-refractivity contribution in [2.45, 2.75) is 42.4 Å². The van der Waals surface area contributed by atoms with Crippen molar-refractivity contribution in [3.63, 3.8) is 0 Å². The molecule has 0 aliphatic carbocycles. The highest BCUT2D eigenvalue weighted by Crippen LogP contribution is 2.25. The molecule has 0 unspecified atom stereocenters. The third kappa shape index (κ3) is 7.35. The van der Waals surface area contributed by atoms with E-state index in [4.69, 9.17) is 0 Å². The third-order valence-corrected chi connectivity index (χ3v) is 7.56. The lowest BCUT2D eigenvalue weighted by atomic mass is 10.1. The maximum absolute atomic E-state index is 13.4. The summed E-state index contributed by atoms with van der Waals surface area (Å²) >= 11 is 3.16. The third-order valence-electron chi connectivity index (χ3n) is 5.60. The highest BCUT2D eigenvalue weighted by atomic mass is 32.2. The Hall–Kier alpha value is -3.29. The molecule has 1 aromatic heterocycles. The van der Waals surface area contributed by atoms with Gasteiger partial charge in [-0.1, -0.05) is 96.2 Å². The van der Waals surface area contributed by atoms with Crippen LogP contribution >= 0.6 is 23.5 Å². The molecular formula is C29H30N4OS2. The molecule has 0 spiro atoms. The number of rotatable bonds is 12. The molecule has 0 saturated carbocycles. The normalized spacial score (nSPS) is 10.8. The summed E-state index contributed by atoms with van der Waals surface area (Å²) in [6.07, 6.45) is 1.84. The molecule has 1 amide bonds. The lowest BCUT2D eigenvalue weighted by Crippen LogP contribution is -2.31. The lowest BCUT2D eigenvalue weighted by molar-refractivity contribution is -0.129. The molecule has 36 heavy (non-hydrogen) atoms. The zero-order valence-electron chi connectivity index (χ0n) is 20.4. The van der Waals surface area contributed by atoms with E-state index in [-0.39, 0.29) is 5.91 Å². The van der Waals surface area contributed by atoms with Crippen LogP contribution in [-0.4, -0.2) is 31.3 Å². The first-order chi connectivity index (χ1) is 17.6. The van der Waals surface area contributed by atoms with Crippen LogP contribution in [-0.2, 0) is 30.2 Å². The Labute approximate surface area is 221 Å². The van der Waals surface area contributed by atoms with Crippen LogP contribution in [0.4, 0.5) is 0 Å². The van der Waals surface area contributed by atoms with Gasteiger partial charge >= 0.3 is 0 Å². The fourth-order valence-electron chi connectivity index (χ4n) is 3.68. The number of aryl methyl sites for hydroxylation is 1. The molecule has 4 rings (SSSR count). The summed E-state index contributed by atoms with van der Waals surface area (Å²) in [5.74, 6) is 1.93. The van der Waals surface area contributed by atoms with E-state index in [1.165, 1.54) is 22.2 Å². The van der Waals surface area contributed by atoms with Gasteiger partial charge in [0, 0.05) is 24.5 Å². The highest BCUT2D eigenvalue weighted by Gasteiger charge is 2.18. The van der Waals surface area contributed by atoms with Gasteiger partial charge in [-0.05, 0) is 30.2 Å². The number of hydrogen-bond donors (Lipinski definition) is 0. The molecule has 0 N–H and O–H groups in total. The molecular weight excluding hydrogens is 484 g/mol. The zero-order valence-corrected chi connectivity index (χ0v) is 22.0. The summed E-state index contributed by atoms with van der Waals surface area (Å²) in [5.41, 5.74) is 3.46. The van der Waals surface area contributed by atoms with Gasteiger partial charge in [0.05, 0.1) is 11.5 Å². The number of hydrogen-bond acceptors (Lipinski definition) is 5. The fourth-order valence-corrected chi connectivity index (χ4v) is 5.39. The summed E-state index contributed by atoms with van der Waals surface area (Å²) in [5, 5.41) is 9.57. The van der Waals surface area contributed by atoms with Crippen molar-refractivity contribution in [1.29, 1.82) is 0 Å². The number of amides is 1. The summed E-state index contributed by atoms with van der Waals surface area (Å²) in [4.78, 5) is 16.5. The van der Waals surface area contributed by atoms with E-state index in [9.17, 15) is 4.79 Å². The van der Waals surface area contributed by atoms with Crippen LogP contribution in [0.1, 0.15) is 22.5 Å². The van der Waals surface area contributed by atoms with Crippen molar-refractivity contribution >= 4 is 29.4 Å². The van der Waals surface area contributed by atoms with Crippen molar-refractivity contribution < 1.29 is 4.79 Å². The minimum absolute atomic E-state index is 0.0661. The molecule has 0 bridgehead atoms. The molecule has 0 aliphatic rings. The van der Waals surface area contributed by atoms with Crippen molar-refractivity contribution in [3.8, 4) is 0 Å². The van der Waals surface area contributed by atoms with Crippen LogP contribution in [0, 0.1) is 6.92 Å². The van der Waals surface area contributed by atoms with Crippen LogP contribution in [0.25, 0.3) is 0 Å². The number of allylic oxidation sites excluding steroid dienone is 1. The summed E-state index contributed by atoms with van der Waals surface area (Å²) in [7, 11) is 0. The monoisotopic (exact) mass is 514 g/mol. The van der Waals surface area contributed by atoms with Crippen LogP contribution < -0.4 is 0 Å². The first-order valence-corrected chi connectivity index (χ1v) is 13.8. The van der Waals surface area contributed by atoms with Gasteiger partial charge in [0.1, 0.15) is 5.82 Å². The molecule has 0 saturated heterocycles. The summed E-state index contributed by atoms with van der Waals surface area (Å²) < 4.78 is 2.05. The lowest BCUT2D eigenvalue weighted by Gasteiger charge is -2.23. The van der Waals surface area contributed by atoms with Gasteiger partial charge in [0.15, 0.2) is 5.16 Å². The van der Waals surface area contributed by atoms with Crippen molar-refractivity contribution in [3.05, 3.63) is 120 Å². The Morgan fingerprint density at radius 1 is 0.889 bits per heavy atom. The molecule has 0 atom stereocenters. The molecule has 0 aliphatic heterocycles. The quantitative estimate of drug-likeness (QED) is 0.162. The van der Waals surface area contributed by atoms with Gasteiger partial charge in [0.2, 0.25) is 5.91 Å². The van der Waals surface area contributed by atoms with E-state index < -0.39 is 0 Å². The number of nitrogens with zero attached hydrogens (tertiary/aromatic N) is 4. The zero-order chi connectivity index (χ0) is 25.2. The minimum Gasteiger partial charge on any atom is -0.333 e. The van der Waals surface area contributed by atoms with Crippen molar-refractivity contribution in [2.75, 3.05) is 5.75 Å². The molecule has 1 heterocycles. The van der Waals surface area contributed by atoms with Gasteiger partial charge in [-0.15, -0.1) is 28.5 Å². The second-order valence-corrected chi connectivity index (χ2v) is 10.4. The predicted octanol–water partition coefficient (Wildman–Crippen LogP) is 6.39. The maximum Gasteiger partial charge on any atom is 0.233 e. The average molecular weight is 515 g/mol. The number of carbonyl (C=O) groups excluding carboxylic acids is 1.